The fourth-order valence-electron chi connectivity index (χ4n) is 1.77. The summed E-state index contributed by atoms with van der Waals surface area (Å²) in [5.41, 5.74) is 2.42. The van der Waals surface area contributed by atoms with Gasteiger partial charge >= 0.3 is 0 Å². The number of hydrogen-bond acceptors (Lipinski definition) is 5. The van der Waals surface area contributed by atoms with Gasteiger partial charge in [-0.3, -0.25) is 9.59 Å². The van der Waals surface area contributed by atoms with Crippen LogP contribution in [0.5, 0.6) is 0 Å². The maximum atomic E-state index is 12.0. The summed E-state index contributed by atoms with van der Waals surface area (Å²) in [7, 11) is 0. The zero-order valence-electron chi connectivity index (χ0n) is 10.9. The molecule has 104 valence electrons. The molecule has 0 aliphatic heterocycles. The minimum absolute atomic E-state index is 0.142. The van der Waals surface area contributed by atoms with E-state index < -0.39 is 0 Å². The lowest BCUT2D eigenvalue weighted by Gasteiger charge is -2.17. The molecule has 2 rings (SSSR count). The van der Waals surface area contributed by atoms with Gasteiger partial charge in [0.25, 0.3) is 0 Å². The molecule has 2 aromatic rings. The average Bonchev–Trinajstić information content (AvgIpc) is 2.91. The number of nitrogens with one attached hydrogen (secondary N) is 2. The Morgan fingerprint density at radius 1 is 1.30 bits per heavy atom. The molecule has 0 radical (unpaired) electrons. The molecule has 1 aromatic heterocycles. The fraction of sp³-hybridized carbons (Fsp3) is 0.231. The van der Waals surface area contributed by atoms with Gasteiger partial charge in [-0.05, 0) is 5.56 Å². The number of benzene rings is 1. The third kappa shape index (κ3) is 4.13. The molecule has 20 heavy (non-hydrogen) atoms. The van der Waals surface area contributed by atoms with Crippen LogP contribution in [0.4, 0.5) is 5.13 Å². The third-order valence-corrected chi connectivity index (χ3v) is 3.18. The van der Waals surface area contributed by atoms with Gasteiger partial charge in [-0.25, -0.2) is 0 Å². The lowest BCUT2D eigenvalue weighted by molar-refractivity contribution is -0.120. The molecular formula is C13H14N4O2S. The molecule has 6 nitrogen and oxygen atoms in total. The highest BCUT2D eigenvalue weighted by atomic mass is 32.1. The average molecular weight is 290 g/mol. The molecule has 0 bridgehead atoms. The summed E-state index contributed by atoms with van der Waals surface area (Å²) in [5.74, 6) is -0.396. The maximum absolute atomic E-state index is 12.0. The van der Waals surface area contributed by atoms with Crippen molar-refractivity contribution in [3.05, 3.63) is 41.4 Å². The van der Waals surface area contributed by atoms with Crippen molar-refractivity contribution < 1.29 is 9.59 Å². The lowest BCUT2D eigenvalue weighted by Crippen LogP contribution is -2.29. The van der Waals surface area contributed by atoms with Crippen molar-refractivity contribution in [2.45, 2.75) is 19.4 Å². The first-order chi connectivity index (χ1) is 9.65. The molecule has 1 aromatic carbocycles. The van der Waals surface area contributed by atoms with E-state index in [9.17, 15) is 9.59 Å². The van der Waals surface area contributed by atoms with Crippen LogP contribution in [0, 0.1) is 0 Å². The minimum Gasteiger partial charge on any atom is -0.349 e. The van der Waals surface area contributed by atoms with Gasteiger partial charge in [0.15, 0.2) is 0 Å². The molecule has 1 unspecified atom stereocenters. The van der Waals surface area contributed by atoms with E-state index in [0.717, 1.165) is 5.56 Å². The van der Waals surface area contributed by atoms with E-state index in [1.807, 2.05) is 30.3 Å². The molecule has 0 aliphatic rings. The van der Waals surface area contributed by atoms with Crippen LogP contribution in [0.15, 0.2) is 35.8 Å². The quantitative estimate of drug-likeness (QED) is 0.878. The van der Waals surface area contributed by atoms with Gasteiger partial charge in [-0.15, -0.1) is 10.2 Å². The van der Waals surface area contributed by atoms with E-state index in [1.165, 1.54) is 23.8 Å². The second kappa shape index (κ2) is 6.76. The Bertz CT molecular complexity index is 571. The van der Waals surface area contributed by atoms with Crippen molar-refractivity contribution in [2.75, 3.05) is 5.32 Å². The molecule has 0 fully saturated rings. The summed E-state index contributed by atoms with van der Waals surface area (Å²) < 4.78 is 0. The van der Waals surface area contributed by atoms with Gasteiger partial charge in [0.2, 0.25) is 16.9 Å². The summed E-state index contributed by atoms with van der Waals surface area (Å²) >= 11 is 1.25. The second-order valence-electron chi connectivity index (χ2n) is 4.16. The van der Waals surface area contributed by atoms with Crippen molar-refractivity contribution in [1.82, 2.24) is 15.5 Å². The molecule has 7 heteroatoms. The van der Waals surface area contributed by atoms with Crippen LogP contribution in [0.1, 0.15) is 24.9 Å². The van der Waals surface area contributed by atoms with E-state index in [0.29, 0.717) is 5.13 Å². The highest BCUT2D eigenvalue weighted by Crippen LogP contribution is 2.18. The van der Waals surface area contributed by atoms with Crippen LogP contribution in [-0.2, 0) is 9.59 Å². The summed E-state index contributed by atoms with van der Waals surface area (Å²) in [4.78, 5) is 23.2. The molecule has 2 amide bonds. The van der Waals surface area contributed by atoms with Crippen LogP contribution in [-0.4, -0.2) is 22.0 Å². The first-order valence-electron chi connectivity index (χ1n) is 6.03. The van der Waals surface area contributed by atoms with Gasteiger partial charge in [0.1, 0.15) is 5.51 Å². The van der Waals surface area contributed by atoms with E-state index in [-0.39, 0.29) is 24.3 Å². The number of anilines is 1. The standard InChI is InChI=1S/C13H14N4O2S/c1-9(18)15-11(10-5-3-2-4-6-10)7-12(19)16-13-17-14-8-20-13/h2-6,8,11H,7H2,1H3,(H,15,18)(H,16,17,19). The number of amides is 2. The maximum Gasteiger partial charge on any atom is 0.228 e. The smallest absolute Gasteiger partial charge is 0.228 e. The van der Waals surface area contributed by atoms with Crippen molar-refractivity contribution in [3.63, 3.8) is 0 Å². The molecule has 1 atom stereocenters. The van der Waals surface area contributed by atoms with Crippen LogP contribution in [0.25, 0.3) is 0 Å². The first-order valence-corrected chi connectivity index (χ1v) is 6.91. The molecule has 1 heterocycles. The number of nitrogens with zero attached hydrogens (tertiary/aromatic N) is 2. The predicted molar refractivity (Wildman–Crippen MR) is 76.2 cm³/mol. The molecular weight excluding hydrogens is 276 g/mol. The largest absolute Gasteiger partial charge is 0.349 e. The number of hydrogen-bond donors (Lipinski definition) is 2. The molecule has 2 N–H and O–H groups in total. The van der Waals surface area contributed by atoms with Crippen molar-refractivity contribution in [2.24, 2.45) is 0 Å². The molecule has 0 saturated carbocycles. The number of carbonyl (C=O) groups is 2. The van der Waals surface area contributed by atoms with Gasteiger partial charge < -0.3 is 10.6 Å². The topological polar surface area (TPSA) is 84.0 Å². The SMILES string of the molecule is CC(=O)NC(CC(=O)Nc1nncs1)c1ccccc1. The number of aromatic nitrogens is 2. The summed E-state index contributed by atoms with van der Waals surface area (Å²) in [6, 6.07) is 9.01. The van der Waals surface area contributed by atoms with Crippen LogP contribution in [0.3, 0.4) is 0 Å². The lowest BCUT2D eigenvalue weighted by atomic mass is 10.0. The highest BCUT2D eigenvalue weighted by molar-refractivity contribution is 7.13. The van der Waals surface area contributed by atoms with Crippen molar-refractivity contribution in [3.8, 4) is 0 Å². The monoisotopic (exact) mass is 290 g/mol. The van der Waals surface area contributed by atoms with Gasteiger partial charge in [0.05, 0.1) is 12.5 Å². The number of rotatable bonds is 5. The second-order valence-corrected chi connectivity index (χ2v) is 4.99. The third-order valence-electron chi connectivity index (χ3n) is 2.58. The Balaban J connectivity index is 2.04. The summed E-state index contributed by atoms with van der Waals surface area (Å²) in [6.45, 7) is 1.43. The summed E-state index contributed by atoms with van der Waals surface area (Å²) in [5, 5.41) is 13.3. The Labute approximate surface area is 120 Å². The Morgan fingerprint density at radius 3 is 2.65 bits per heavy atom. The highest BCUT2D eigenvalue weighted by Gasteiger charge is 2.17. The number of carbonyl (C=O) groups excluding carboxylic acids is 2. The zero-order valence-corrected chi connectivity index (χ0v) is 11.7. The van der Waals surface area contributed by atoms with E-state index >= 15 is 0 Å². The van der Waals surface area contributed by atoms with Gasteiger partial charge in [-0.1, -0.05) is 41.7 Å². The van der Waals surface area contributed by atoms with E-state index in [2.05, 4.69) is 20.8 Å². The predicted octanol–water partition coefficient (Wildman–Crippen LogP) is 1.74. The van der Waals surface area contributed by atoms with Crippen LogP contribution in [0.2, 0.25) is 0 Å². The summed E-state index contributed by atoms with van der Waals surface area (Å²) in [6.07, 6.45) is 0.142. The van der Waals surface area contributed by atoms with Crippen molar-refractivity contribution in [1.29, 1.82) is 0 Å². The first kappa shape index (κ1) is 14.1. The van der Waals surface area contributed by atoms with Gasteiger partial charge in [0, 0.05) is 6.92 Å². The Kier molecular flexibility index (Phi) is 4.78. The van der Waals surface area contributed by atoms with Gasteiger partial charge in [-0.2, -0.15) is 0 Å². The van der Waals surface area contributed by atoms with E-state index in [4.69, 9.17) is 0 Å². The molecule has 0 spiro atoms. The molecule has 0 aliphatic carbocycles. The van der Waals surface area contributed by atoms with Crippen molar-refractivity contribution >= 4 is 28.3 Å². The Morgan fingerprint density at radius 2 is 2.05 bits per heavy atom. The fourth-order valence-corrected chi connectivity index (χ4v) is 2.23. The minimum atomic E-state index is -0.360. The van der Waals surface area contributed by atoms with Crippen LogP contribution < -0.4 is 10.6 Å². The van der Waals surface area contributed by atoms with E-state index in [1.54, 1.807) is 0 Å². The Hall–Kier alpha value is -2.28. The normalized spacial score (nSPS) is 11.7. The zero-order chi connectivity index (χ0) is 14.4. The molecule has 0 saturated heterocycles. The van der Waals surface area contributed by atoms with Crippen LogP contribution >= 0.6 is 11.3 Å².